The molecule has 2 aliphatic rings. The third-order valence-electron chi connectivity index (χ3n) is 5.14. The maximum absolute atomic E-state index is 11.4. The standard InChI is InChI=1S/C18H30N6O2/c1-13(2)17-14(5-3-10-26-17)22-15-11-16(21-12-20-15)23-6-4-7-24(9-8-23)18(19)25/h11-14,17H,3-10H2,1-2H3,(H2,19,25)(H,20,21,22)/t14-,17+/m0/s1. The monoisotopic (exact) mass is 362 g/mol. The quantitative estimate of drug-likeness (QED) is 0.846. The number of amides is 2. The average molecular weight is 362 g/mol. The van der Waals surface area contributed by atoms with Crippen LogP contribution in [-0.4, -0.2) is 65.8 Å². The van der Waals surface area contributed by atoms with Gasteiger partial charge in [0.05, 0.1) is 12.1 Å². The van der Waals surface area contributed by atoms with E-state index in [9.17, 15) is 4.79 Å². The number of aromatic nitrogens is 2. The molecule has 0 saturated carbocycles. The highest BCUT2D eigenvalue weighted by Crippen LogP contribution is 2.24. The molecule has 1 aromatic heterocycles. The topological polar surface area (TPSA) is 96.6 Å². The normalized spacial score (nSPS) is 24.4. The van der Waals surface area contributed by atoms with E-state index in [0.717, 1.165) is 50.6 Å². The first kappa shape index (κ1) is 18.7. The molecular formula is C18H30N6O2. The lowest BCUT2D eigenvalue weighted by molar-refractivity contribution is -0.0203. The Morgan fingerprint density at radius 3 is 2.88 bits per heavy atom. The Hall–Kier alpha value is -2.09. The van der Waals surface area contributed by atoms with E-state index in [1.54, 1.807) is 11.2 Å². The van der Waals surface area contributed by atoms with Crippen molar-refractivity contribution in [2.24, 2.45) is 11.7 Å². The van der Waals surface area contributed by atoms with Crippen molar-refractivity contribution >= 4 is 17.7 Å². The minimum atomic E-state index is -0.353. The number of hydrogen-bond acceptors (Lipinski definition) is 6. The average Bonchev–Trinajstić information content (AvgIpc) is 2.88. The molecular weight excluding hydrogens is 332 g/mol. The van der Waals surface area contributed by atoms with E-state index in [2.05, 4.69) is 34.0 Å². The molecule has 8 nitrogen and oxygen atoms in total. The summed E-state index contributed by atoms with van der Waals surface area (Å²) in [5.41, 5.74) is 5.41. The van der Waals surface area contributed by atoms with Gasteiger partial charge in [0.15, 0.2) is 0 Å². The fourth-order valence-electron chi connectivity index (χ4n) is 3.77. The maximum atomic E-state index is 11.4. The summed E-state index contributed by atoms with van der Waals surface area (Å²) in [6.45, 7) is 8.10. The molecule has 0 unspecified atom stereocenters. The smallest absolute Gasteiger partial charge is 0.314 e. The van der Waals surface area contributed by atoms with Crippen LogP contribution in [0.15, 0.2) is 12.4 Å². The highest BCUT2D eigenvalue weighted by Gasteiger charge is 2.29. The number of nitrogens with zero attached hydrogens (tertiary/aromatic N) is 4. The second-order valence-corrected chi connectivity index (χ2v) is 7.40. The molecule has 2 fully saturated rings. The lowest BCUT2D eigenvalue weighted by Crippen LogP contribution is -2.43. The molecule has 3 heterocycles. The van der Waals surface area contributed by atoms with Gasteiger partial charge in [-0.2, -0.15) is 0 Å². The molecule has 2 atom stereocenters. The molecule has 2 saturated heterocycles. The second-order valence-electron chi connectivity index (χ2n) is 7.40. The number of carbonyl (C=O) groups excluding carboxylic acids is 1. The van der Waals surface area contributed by atoms with Crippen LogP contribution >= 0.6 is 0 Å². The van der Waals surface area contributed by atoms with Crippen molar-refractivity contribution in [3.8, 4) is 0 Å². The molecule has 0 bridgehead atoms. The molecule has 1 aromatic rings. The lowest BCUT2D eigenvalue weighted by atomic mass is 9.94. The lowest BCUT2D eigenvalue weighted by Gasteiger charge is -2.35. The molecule has 8 heteroatoms. The van der Waals surface area contributed by atoms with E-state index in [1.807, 2.05) is 6.07 Å². The maximum Gasteiger partial charge on any atom is 0.314 e. The molecule has 0 aromatic carbocycles. The van der Waals surface area contributed by atoms with Gasteiger partial charge in [0.1, 0.15) is 18.0 Å². The number of nitrogens with one attached hydrogen (secondary N) is 1. The fourth-order valence-corrected chi connectivity index (χ4v) is 3.77. The van der Waals surface area contributed by atoms with Crippen molar-refractivity contribution in [3.63, 3.8) is 0 Å². The summed E-state index contributed by atoms with van der Waals surface area (Å²) in [4.78, 5) is 24.1. The van der Waals surface area contributed by atoms with Crippen molar-refractivity contribution in [1.29, 1.82) is 0 Å². The number of ether oxygens (including phenoxy) is 1. The summed E-state index contributed by atoms with van der Waals surface area (Å²) in [6, 6.07) is 1.90. The number of anilines is 2. The zero-order chi connectivity index (χ0) is 18.5. The summed E-state index contributed by atoms with van der Waals surface area (Å²) in [7, 11) is 0. The van der Waals surface area contributed by atoms with Crippen LogP contribution in [0.4, 0.5) is 16.4 Å². The van der Waals surface area contributed by atoms with Crippen LogP contribution in [0.5, 0.6) is 0 Å². The van der Waals surface area contributed by atoms with Gasteiger partial charge >= 0.3 is 6.03 Å². The first-order chi connectivity index (χ1) is 12.5. The van der Waals surface area contributed by atoms with Gasteiger partial charge in [-0.3, -0.25) is 0 Å². The van der Waals surface area contributed by atoms with Crippen molar-refractivity contribution in [3.05, 3.63) is 12.4 Å². The summed E-state index contributed by atoms with van der Waals surface area (Å²) >= 11 is 0. The molecule has 0 aliphatic carbocycles. The summed E-state index contributed by atoms with van der Waals surface area (Å²) in [5, 5.41) is 3.55. The van der Waals surface area contributed by atoms with Crippen molar-refractivity contribution in [2.75, 3.05) is 43.0 Å². The van der Waals surface area contributed by atoms with Gasteiger partial charge in [-0.1, -0.05) is 13.8 Å². The van der Waals surface area contributed by atoms with E-state index >= 15 is 0 Å². The van der Waals surface area contributed by atoms with Gasteiger partial charge in [0.2, 0.25) is 0 Å². The molecule has 2 aliphatic heterocycles. The highest BCUT2D eigenvalue weighted by molar-refractivity contribution is 5.72. The number of carbonyl (C=O) groups is 1. The molecule has 26 heavy (non-hydrogen) atoms. The SMILES string of the molecule is CC(C)[C@H]1OCCC[C@@H]1Nc1cc(N2CCCN(C(N)=O)CC2)ncn1. The second kappa shape index (κ2) is 8.53. The van der Waals surface area contributed by atoms with E-state index in [0.29, 0.717) is 19.0 Å². The van der Waals surface area contributed by atoms with Crippen LogP contribution in [-0.2, 0) is 4.74 Å². The van der Waals surface area contributed by atoms with E-state index in [1.165, 1.54) is 0 Å². The Kier molecular flexibility index (Phi) is 6.13. The van der Waals surface area contributed by atoms with Crippen LogP contribution < -0.4 is 16.0 Å². The molecule has 0 spiro atoms. The molecule has 0 radical (unpaired) electrons. The third-order valence-corrected chi connectivity index (χ3v) is 5.14. The first-order valence-corrected chi connectivity index (χ1v) is 9.54. The Morgan fingerprint density at radius 2 is 2.12 bits per heavy atom. The van der Waals surface area contributed by atoms with Crippen LogP contribution in [0.2, 0.25) is 0 Å². The minimum Gasteiger partial charge on any atom is -0.376 e. The number of urea groups is 1. The minimum absolute atomic E-state index is 0.199. The van der Waals surface area contributed by atoms with Crippen LogP contribution in [0, 0.1) is 5.92 Å². The Balaban J connectivity index is 1.67. The fraction of sp³-hybridized carbons (Fsp3) is 0.722. The Morgan fingerprint density at radius 1 is 1.27 bits per heavy atom. The van der Waals surface area contributed by atoms with Gasteiger partial charge in [0, 0.05) is 38.9 Å². The Labute approximate surface area is 155 Å². The van der Waals surface area contributed by atoms with E-state index in [-0.39, 0.29) is 18.2 Å². The summed E-state index contributed by atoms with van der Waals surface area (Å²) in [5.74, 6) is 2.17. The van der Waals surface area contributed by atoms with Gasteiger partial charge in [-0.05, 0) is 25.2 Å². The predicted molar refractivity (Wildman–Crippen MR) is 101 cm³/mol. The predicted octanol–water partition coefficient (Wildman–Crippen LogP) is 1.68. The van der Waals surface area contributed by atoms with E-state index < -0.39 is 0 Å². The van der Waals surface area contributed by atoms with Gasteiger partial charge in [-0.25, -0.2) is 14.8 Å². The summed E-state index contributed by atoms with van der Waals surface area (Å²) < 4.78 is 5.96. The number of primary amides is 1. The van der Waals surface area contributed by atoms with Gasteiger partial charge in [0.25, 0.3) is 0 Å². The van der Waals surface area contributed by atoms with Gasteiger partial charge in [-0.15, -0.1) is 0 Å². The van der Waals surface area contributed by atoms with Crippen molar-refractivity contribution in [1.82, 2.24) is 14.9 Å². The number of nitrogens with two attached hydrogens (primary N) is 1. The third kappa shape index (κ3) is 4.55. The largest absolute Gasteiger partial charge is 0.376 e. The van der Waals surface area contributed by atoms with Crippen LogP contribution in [0.3, 0.4) is 0 Å². The number of hydrogen-bond donors (Lipinski definition) is 2. The van der Waals surface area contributed by atoms with E-state index in [4.69, 9.17) is 10.5 Å². The highest BCUT2D eigenvalue weighted by atomic mass is 16.5. The molecule has 3 N–H and O–H groups in total. The molecule has 2 amide bonds. The van der Waals surface area contributed by atoms with Crippen LogP contribution in [0.25, 0.3) is 0 Å². The van der Waals surface area contributed by atoms with Crippen molar-refractivity contribution in [2.45, 2.75) is 45.3 Å². The molecule has 3 rings (SSSR count). The van der Waals surface area contributed by atoms with Crippen molar-refractivity contribution < 1.29 is 9.53 Å². The first-order valence-electron chi connectivity index (χ1n) is 9.54. The number of rotatable bonds is 4. The van der Waals surface area contributed by atoms with Gasteiger partial charge < -0.3 is 25.6 Å². The molecule has 144 valence electrons. The zero-order valence-electron chi connectivity index (χ0n) is 15.7. The zero-order valence-corrected chi connectivity index (χ0v) is 15.7. The van der Waals surface area contributed by atoms with Crippen LogP contribution in [0.1, 0.15) is 33.1 Å². The Bertz CT molecular complexity index is 611. The summed E-state index contributed by atoms with van der Waals surface area (Å²) in [6.07, 6.45) is 4.82.